The van der Waals surface area contributed by atoms with E-state index in [1.54, 1.807) is 0 Å². The fourth-order valence-electron chi connectivity index (χ4n) is 6.76. The molecule has 336 valence electrons. The molecule has 0 amide bonds. The number of esters is 3. The van der Waals surface area contributed by atoms with Crippen molar-refractivity contribution in [2.45, 2.75) is 252 Å². The van der Waals surface area contributed by atoms with Crippen molar-refractivity contribution in [2.75, 3.05) is 13.2 Å². The van der Waals surface area contributed by atoms with Crippen LogP contribution in [0.15, 0.2) is 48.6 Å². The third-order valence-electron chi connectivity index (χ3n) is 10.5. The molecule has 0 heterocycles. The van der Waals surface area contributed by atoms with Crippen LogP contribution in [-0.2, 0) is 28.6 Å². The van der Waals surface area contributed by atoms with Crippen molar-refractivity contribution in [1.82, 2.24) is 0 Å². The van der Waals surface area contributed by atoms with Crippen molar-refractivity contribution < 1.29 is 28.6 Å². The van der Waals surface area contributed by atoms with E-state index in [4.69, 9.17) is 14.2 Å². The summed E-state index contributed by atoms with van der Waals surface area (Å²) in [6, 6.07) is 0. The molecule has 0 saturated carbocycles. The van der Waals surface area contributed by atoms with Gasteiger partial charge in [0.05, 0.1) is 0 Å². The van der Waals surface area contributed by atoms with Crippen LogP contribution in [0.4, 0.5) is 0 Å². The van der Waals surface area contributed by atoms with E-state index in [1.807, 2.05) is 0 Å². The first-order valence-corrected chi connectivity index (χ1v) is 24.6. The molecule has 1 atom stereocenters. The highest BCUT2D eigenvalue weighted by molar-refractivity contribution is 5.71. The Kier molecular flexibility index (Phi) is 44.9. The summed E-state index contributed by atoms with van der Waals surface area (Å²) < 4.78 is 16.7. The molecule has 58 heavy (non-hydrogen) atoms. The Morgan fingerprint density at radius 2 is 0.655 bits per heavy atom. The Morgan fingerprint density at radius 3 is 1.05 bits per heavy atom. The minimum absolute atomic E-state index is 0.0853. The van der Waals surface area contributed by atoms with E-state index in [-0.39, 0.29) is 31.1 Å². The van der Waals surface area contributed by atoms with Gasteiger partial charge in [0.1, 0.15) is 13.2 Å². The number of hydrogen-bond acceptors (Lipinski definition) is 6. The second kappa shape index (κ2) is 47.1. The van der Waals surface area contributed by atoms with Crippen LogP contribution >= 0.6 is 0 Å². The van der Waals surface area contributed by atoms with Crippen LogP contribution in [0, 0.1) is 0 Å². The highest BCUT2D eigenvalue weighted by Crippen LogP contribution is 2.13. The number of carbonyl (C=O) groups is 3. The lowest BCUT2D eigenvalue weighted by atomic mass is 10.1. The zero-order chi connectivity index (χ0) is 42.3. The summed E-state index contributed by atoms with van der Waals surface area (Å²) >= 11 is 0. The lowest BCUT2D eigenvalue weighted by Gasteiger charge is -2.18. The van der Waals surface area contributed by atoms with Crippen LogP contribution < -0.4 is 0 Å². The van der Waals surface area contributed by atoms with Gasteiger partial charge in [0.2, 0.25) is 0 Å². The van der Waals surface area contributed by atoms with Gasteiger partial charge in [0.15, 0.2) is 6.10 Å². The summed E-state index contributed by atoms with van der Waals surface area (Å²) in [5.74, 6) is -0.916. The largest absolute Gasteiger partial charge is 0.462 e. The van der Waals surface area contributed by atoms with Crippen LogP contribution in [0.5, 0.6) is 0 Å². The van der Waals surface area contributed by atoms with E-state index < -0.39 is 6.10 Å². The molecule has 0 spiro atoms. The Hall–Kier alpha value is -2.63. The topological polar surface area (TPSA) is 78.9 Å². The number of rotatable bonds is 44. The minimum atomic E-state index is -0.783. The Bertz CT molecular complexity index is 1030. The van der Waals surface area contributed by atoms with E-state index in [0.29, 0.717) is 19.3 Å². The van der Waals surface area contributed by atoms with Crippen LogP contribution in [-0.4, -0.2) is 37.2 Å². The van der Waals surface area contributed by atoms with Crippen molar-refractivity contribution in [2.24, 2.45) is 0 Å². The van der Waals surface area contributed by atoms with Crippen molar-refractivity contribution in [1.29, 1.82) is 0 Å². The molecule has 0 fully saturated rings. The van der Waals surface area contributed by atoms with E-state index >= 15 is 0 Å². The Labute approximate surface area is 358 Å². The predicted molar refractivity (Wildman–Crippen MR) is 247 cm³/mol. The first kappa shape index (κ1) is 55.4. The number of allylic oxidation sites excluding steroid dienone is 8. The van der Waals surface area contributed by atoms with Crippen molar-refractivity contribution >= 4 is 17.9 Å². The fourth-order valence-corrected chi connectivity index (χ4v) is 6.76. The minimum Gasteiger partial charge on any atom is -0.462 e. The zero-order valence-electron chi connectivity index (χ0n) is 38.3. The van der Waals surface area contributed by atoms with Gasteiger partial charge in [-0.2, -0.15) is 0 Å². The fraction of sp³-hybridized carbons (Fsp3) is 0.788. The SMILES string of the molecule is CCC/C=C\CCCCCCCC(=O)OCC(COC(=O)CCCCCCC/C=C\C/C=C\CCCCCC)OC(=O)CCCCCCC/C=C\CCCCCCC. The summed E-state index contributed by atoms with van der Waals surface area (Å²) in [6.07, 6.45) is 55.2. The van der Waals surface area contributed by atoms with Crippen molar-refractivity contribution in [3.05, 3.63) is 48.6 Å². The van der Waals surface area contributed by atoms with Gasteiger partial charge in [-0.15, -0.1) is 0 Å². The molecule has 0 aromatic rings. The van der Waals surface area contributed by atoms with Crippen LogP contribution in [0.3, 0.4) is 0 Å². The highest BCUT2D eigenvalue weighted by Gasteiger charge is 2.19. The molecule has 6 nitrogen and oxygen atoms in total. The number of unbranched alkanes of at least 4 members (excludes halogenated alkanes) is 25. The van der Waals surface area contributed by atoms with Gasteiger partial charge >= 0.3 is 17.9 Å². The normalized spacial score (nSPS) is 12.4. The summed E-state index contributed by atoms with van der Waals surface area (Å²) in [5.41, 5.74) is 0. The first-order valence-electron chi connectivity index (χ1n) is 24.6. The summed E-state index contributed by atoms with van der Waals surface area (Å²) in [7, 11) is 0. The Morgan fingerprint density at radius 1 is 0.345 bits per heavy atom. The van der Waals surface area contributed by atoms with Gasteiger partial charge in [0, 0.05) is 19.3 Å². The molecular weight excluding hydrogens is 721 g/mol. The monoisotopic (exact) mass is 813 g/mol. The quantitative estimate of drug-likeness (QED) is 0.0264. The molecule has 0 aliphatic rings. The van der Waals surface area contributed by atoms with Crippen molar-refractivity contribution in [3.8, 4) is 0 Å². The number of ether oxygens (including phenoxy) is 3. The van der Waals surface area contributed by atoms with E-state index in [1.165, 1.54) is 103 Å². The molecular formula is C52H92O6. The number of hydrogen-bond donors (Lipinski definition) is 0. The van der Waals surface area contributed by atoms with Crippen LogP contribution in [0.2, 0.25) is 0 Å². The molecule has 0 aromatic heterocycles. The summed E-state index contributed by atoms with van der Waals surface area (Å²) in [5, 5.41) is 0. The van der Waals surface area contributed by atoms with Gasteiger partial charge in [0.25, 0.3) is 0 Å². The molecule has 0 aliphatic carbocycles. The molecule has 1 unspecified atom stereocenters. The van der Waals surface area contributed by atoms with Crippen molar-refractivity contribution in [3.63, 3.8) is 0 Å². The lowest BCUT2D eigenvalue weighted by molar-refractivity contribution is -0.167. The average Bonchev–Trinajstić information content (AvgIpc) is 3.22. The second-order valence-corrected chi connectivity index (χ2v) is 16.4. The third-order valence-corrected chi connectivity index (χ3v) is 10.5. The smallest absolute Gasteiger partial charge is 0.306 e. The first-order chi connectivity index (χ1) is 28.5. The van der Waals surface area contributed by atoms with Gasteiger partial charge in [-0.25, -0.2) is 0 Å². The molecule has 0 aromatic carbocycles. The van der Waals surface area contributed by atoms with E-state index in [0.717, 1.165) is 103 Å². The Balaban J connectivity index is 4.39. The standard InChI is InChI=1S/C52H92O6/c1-4-7-10-13-16-19-22-24-26-27-29-30-33-36-39-42-45-51(54)57-48-49(47-56-50(53)44-41-38-35-32-21-18-15-12-9-6-3)58-52(55)46-43-40-37-34-31-28-25-23-20-17-14-11-8-5-2/h12,15,19,22-23,25-27,49H,4-11,13-14,16-18,20-21,24,28-48H2,1-3H3/b15-12-,22-19-,25-23-,27-26-. The molecule has 0 aliphatic heterocycles. The van der Waals surface area contributed by atoms with Gasteiger partial charge in [-0.3, -0.25) is 14.4 Å². The maximum Gasteiger partial charge on any atom is 0.306 e. The molecule has 0 N–H and O–H groups in total. The molecule has 0 bridgehead atoms. The van der Waals surface area contributed by atoms with Gasteiger partial charge in [-0.05, 0) is 96.3 Å². The van der Waals surface area contributed by atoms with Gasteiger partial charge in [-0.1, -0.05) is 179 Å². The molecule has 0 rings (SSSR count). The average molecular weight is 813 g/mol. The van der Waals surface area contributed by atoms with Crippen LogP contribution in [0.1, 0.15) is 245 Å². The van der Waals surface area contributed by atoms with Crippen LogP contribution in [0.25, 0.3) is 0 Å². The maximum absolute atomic E-state index is 12.7. The lowest BCUT2D eigenvalue weighted by Crippen LogP contribution is -2.30. The second-order valence-electron chi connectivity index (χ2n) is 16.4. The predicted octanol–water partition coefficient (Wildman–Crippen LogP) is 15.9. The molecule has 0 radical (unpaired) electrons. The highest BCUT2D eigenvalue weighted by atomic mass is 16.6. The summed E-state index contributed by atoms with van der Waals surface area (Å²) in [6.45, 7) is 6.52. The molecule has 6 heteroatoms. The van der Waals surface area contributed by atoms with Gasteiger partial charge < -0.3 is 14.2 Å². The molecule has 0 saturated heterocycles. The number of carbonyl (C=O) groups excluding carboxylic acids is 3. The zero-order valence-corrected chi connectivity index (χ0v) is 38.3. The van der Waals surface area contributed by atoms with E-state index in [9.17, 15) is 14.4 Å². The van der Waals surface area contributed by atoms with E-state index in [2.05, 4.69) is 69.4 Å². The third kappa shape index (κ3) is 44.5. The summed E-state index contributed by atoms with van der Waals surface area (Å²) in [4.78, 5) is 37.8. The maximum atomic E-state index is 12.7.